The van der Waals surface area contributed by atoms with Crippen LogP contribution in [0.15, 0.2) is 29.3 Å². The number of hydrogen-bond donors (Lipinski definition) is 2. The summed E-state index contributed by atoms with van der Waals surface area (Å²) >= 11 is 0. The van der Waals surface area contributed by atoms with Crippen molar-refractivity contribution in [2.45, 2.75) is 32.7 Å². The maximum absolute atomic E-state index is 11.5. The van der Waals surface area contributed by atoms with Crippen LogP contribution in [0.1, 0.15) is 24.5 Å². The predicted octanol–water partition coefficient (Wildman–Crippen LogP) is 1.28. The highest BCUT2D eigenvalue weighted by atomic mass is 32.2. The number of guanidine groups is 1. The lowest BCUT2D eigenvalue weighted by molar-refractivity contribution is 0.599. The average Bonchev–Trinajstić information content (AvgIpc) is 2.80. The van der Waals surface area contributed by atoms with Gasteiger partial charge in [0.15, 0.2) is 15.8 Å². The highest BCUT2D eigenvalue weighted by Crippen LogP contribution is 2.11. The van der Waals surface area contributed by atoms with E-state index in [2.05, 4.69) is 46.8 Å². The van der Waals surface area contributed by atoms with Crippen molar-refractivity contribution in [2.75, 3.05) is 24.6 Å². The number of hydrogen-bond acceptors (Lipinski definition) is 3. The first-order chi connectivity index (χ1) is 10.5. The van der Waals surface area contributed by atoms with Gasteiger partial charge in [-0.05, 0) is 32.3 Å². The SMILES string of the molecule is CCNC(=NCCc1ccc(C)cc1)NC1CCS(=O)(=O)C1. The third-order valence-corrected chi connectivity index (χ3v) is 5.48. The second-order valence-corrected chi connectivity index (χ2v) is 7.97. The normalized spacial score (nSPS) is 20.8. The van der Waals surface area contributed by atoms with Crippen LogP contribution in [0.4, 0.5) is 0 Å². The highest BCUT2D eigenvalue weighted by molar-refractivity contribution is 7.91. The number of nitrogens with one attached hydrogen (secondary N) is 2. The second-order valence-electron chi connectivity index (χ2n) is 5.74. The van der Waals surface area contributed by atoms with Gasteiger partial charge in [-0.15, -0.1) is 0 Å². The van der Waals surface area contributed by atoms with Gasteiger partial charge in [0, 0.05) is 19.1 Å². The molecule has 22 heavy (non-hydrogen) atoms. The van der Waals surface area contributed by atoms with Gasteiger partial charge in [-0.1, -0.05) is 29.8 Å². The van der Waals surface area contributed by atoms with Crippen LogP contribution in [0.25, 0.3) is 0 Å². The van der Waals surface area contributed by atoms with Crippen LogP contribution in [0.3, 0.4) is 0 Å². The molecule has 122 valence electrons. The molecule has 2 rings (SSSR count). The van der Waals surface area contributed by atoms with Crippen LogP contribution >= 0.6 is 0 Å². The number of aliphatic imine (C=N–C) groups is 1. The molecule has 1 heterocycles. The zero-order valence-electron chi connectivity index (χ0n) is 13.3. The molecule has 1 aliphatic rings. The lowest BCUT2D eigenvalue weighted by Gasteiger charge is -2.15. The Hall–Kier alpha value is -1.56. The van der Waals surface area contributed by atoms with E-state index in [9.17, 15) is 8.42 Å². The molecule has 0 radical (unpaired) electrons. The van der Waals surface area contributed by atoms with Crippen LogP contribution in [0.5, 0.6) is 0 Å². The Morgan fingerprint density at radius 3 is 2.64 bits per heavy atom. The van der Waals surface area contributed by atoms with Gasteiger partial charge in [-0.2, -0.15) is 0 Å². The van der Waals surface area contributed by atoms with Crippen molar-refractivity contribution >= 4 is 15.8 Å². The minimum atomic E-state index is -2.87. The van der Waals surface area contributed by atoms with E-state index < -0.39 is 9.84 Å². The van der Waals surface area contributed by atoms with Crippen LogP contribution in [0.2, 0.25) is 0 Å². The summed E-state index contributed by atoms with van der Waals surface area (Å²) in [6, 6.07) is 8.42. The number of aryl methyl sites for hydroxylation is 1. The quantitative estimate of drug-likeness (QED) is 0.632. The first kappa shape index (κ1) is 16.8. The average molecular weight is 323 g/mol. The van der Waals surface area contributed by atoms with E-state index in [-0.39, 0.29) is 17.5 Å². The maximum atomic E-state index is 11.5. The highest BCUT2D eigenvalue weighted by Gasteiger charge is 2.28. The fourth-order valence-electron chi connectivity index (χ4n) is 2.47. The van der Waals surface area contributed by atoms with Crippen molar-refractivity contribution < 1.29 is 8.42 Å². The Labute approximate surface area is 133 Å². The van der Waals surface area contributed by atoms with Crippen molar-refractivity contribution in [3.63, 3.8) is 0 Å². The topological polar surface area (TPSA) is 70.6 Å². The Kier molecular flexibility index (Phi) is 5.83. The lowest BCUT2D eigenvalue weighted by Crippen LogP contribution is -2.44. The monoisotopic (exact) mass is 323 g/mol. The Morgan fingerprint density at radius 1 is 1.32 bits per heavy atom. The van der Waals surface area contributed by atoms with Gasteiger partial charge in [-0.25, -0.2) is 8.42 Å². The molecular weight excluding hydrogens is 298 g/mol. The van der Waals surface area contributed by atoms with Crippen molar-refractivity contribution in [2.24, 2.45) is 4.99 Å². The van der Waals surface area contributed by atoms with Gasteiger partial charge >= 0.3 is 0 Å². The molecule has 1 fully saturated rings. The second kappa shape index (κ2) is 7.63. The van der Waals surface area contributed by atoms with E-state index in [0.717, 1.165) is 13.0 Å². The molecule has 1 atom stereocenters. The summed E-state index contributed by atoms with van der Waals surface area (Å²) in [5.41, 5.74) is 2.51. The molecule has 1 aromatic rings. The molecule has 0 spiro atoms. The first-order valence-corrected chi connectivity index (χ1v) is 9.61. The summed E-state index contributed by atoms with van der Waals surface area (Å²) < 4.78 is 23.0. The van der Waals surface area contributed by atoms with Gasteiger partial charge in [0.25, 0.3) is 0 Å². The standard InChI is InChI=1S/C16H25N3O2S/c1-3-17-16(19-15-9-11-22(20,21)12-15)18-10-8-14-6-4-13(2)5-7-14/h4-7,15H,3,8-12H2,1-2H3,(H2,17,18,19). The molecule has 5 nitrogen and oxygen atoms in total. The molecule has 0 aromatic heterocycles. The van der Waals surface area contributed by atoms with Gasteiger partial charge < -0.3 is 10.6 Å². The van der Waals surface area contributed by atoms with Crippen LogP contribution < -0.4 is 10.6 Å². The van der Waals surface area contributed by atoms with Gasteiger partial charge in [0.2, 0.25) is 0 Å². The fraction of sp³-hybridized carbons (Fsp3) is 0.562. The minimum absolute atomic E-state index is 0.0258. The third-order valence-electron chi connectivity index (χ3n) is 3.71. The molecule has 6 heteroatoms. The molecule has 0 saturated carbocycles. The minimum Gasteiger partial charge on any atom is -0.357 e. The molecule has 0 amide bonds. The van der Waals surface area contributed by atoms with Gasteiger partial charge in [0.05, 0.1) is 11.5 Å². The van der Waals surface area contributed by atoms with Gasteiger partial charge in [-0.3, -0.25) is 4.99 Å². The van der Waals surface area contributed by atoms with Crippen LogP contribution in [-0.4, -0.2) is 45.0 Å². The molecule has 0 bridgehead atoms. The summed E-state index contributed by atoms with van der Waals surface area (Å²) in [7, 11) is -2.87. The lowest BCUT2D eigenvalue weighted by atomic mass is 10.1. The zero-order valence-corrected chi connectivity index (χ0v) is 14.1. The van der Waals surface area contributed by atoms with Crippen molar-refractivity contribution in [1.29, 1.82) is 0 Å². The maximum Gasteiger partial charge on any atom is 0.191 e. The summed E-state index contributed by atoms with van der Waals surface area (Å²) in [5.74, 6) is 1.18. The van der Waals surface area contributed by atoms with Crippen molar-refractivity contribution in [3.8, 4) is 0 Å². The molecule has 0 aliphatic carbocycles. The third kappa shape index (κ3) is 5.33. The Bertz CT molecular complexity index is 609. The molecule has 1 unspecified atom stereocenters. The van der Waals surface area contributed by atoms with E-state index in [0.29, 0.717) is 18.9 Å². The number of nitrogens with zero attached hydrogens (tertiary/aromatic N) is 1. The molecule has 1 saturated heterocycles. The first-order valence-electron chi connectivity index (χ1n) is 7.79. The fourth-order valence-corrected chi connectivity index (χ4v) is 4.15. The molecule has 1 aliphatic heterocycles. The van der Waals surface area contributed by atoms with E-state index in [1.54, 1.807) is 0 Å². The van der Waals surface area contributed by atoms with Crippen LogP contribution in [-0.2, 0) is 16.3 Å². The van der Waals surface area contributed by atoms with Gasteiger partial charge in [0.1, 0.15) is 0 Å². The summed E-state index contributed by atoms with van der Waals surface area (Å²) in [6.45, 7) is 5.51. The van der Waals surface area contributed by atoms with Crippen molar-refractivity contribution in [3.05, 3.63) is 35.4 Å². The molecule has 2 N–H and O–H groups in total. The predicted molar refractivity (Wildman–Crippen MR) is 91.1 cm³/mol. The molecular formula is C16H25N3O2S. The summed E-state index contributed by atoms with van der Waals surface area (Å²) in [6.07, 6.45) is 1.53. The zero-order chi connectivity index (χ0) is 16.0. The summed E-state index contributed by atoms with van der Waals surface area (Å²) in [4.78, 5) is 4.54. The number of benzene rings is 1. The number of rotatable bonds is 5. The largest absolute Gasteiger partial charge is 0.357 e. The van der Waals surface area contributed by atoms with E-state index in [1.165, 1.54) is 11.1 Å². The van der Waals surface area contributed by atoms with Crippen LogP contribution in [0, 0.1) is 6.92 Å². The summed E-state index contributed by atoms with van der Waals surface area (Å²) in [5, 5.41) is 6.40. The van der Waals surface area contributed by atoms with E-state index >= 15 is 0 Å². The van der Waals surface area contributed by atoms with E-state index in [1.807, 2.05) is 6.92 Å². The van der Waals surface area contributed by atoms with E-state index in [4.69, 9.17) is 0 Å². The smallest absolute Gasteiger partial charge is 0.191 e. The Morgan fingerprint density at radius 2 is 2.05 bits per heavy atom. The Balaban J connectivity index is 1.88. The molecule has 1 aromatic carbocycles. The number of sulfone groups is 1. The van der Waals surface area contributed by atoms with Crippen molar-refractivity contribution in [1.82, 2.24) is 10.6 Å².